The van der Waals surface area contributed by atoms with Crippen molar-refractivity contribution in [1.82, 2.24) is 19.9 Å². The van der Waals surface area contributed by atoms with Gasteiger partial charge >= 0.3 is 0 Å². The third-order valence-electron chi connectivity index (χ3n) is 4.52. The van der Waals surface area contributed by atoms with Crippen LogP contribution in [0.1, 0.15) is 5.69 Å². The third kappa shape index (κ3) is 4.03. The molecule has 1 N–H and O–H groups in total. The number of nitrogens with one attached hydrogen (secondary N) is 1. The molecule has 6 heteroatoms. The van der Waals surface area contributed by atoms with Crippen LogP contribution in [0, 0.1) is 6.92 Å². The molecular formula is C22H23N5S. The minimum absolute atomic E-state index is 0.652. The van der Waals surface area contributed by atoms with E-state index in [2.05, 4.69) is 62.6 Å². The number of likely N-dealkylation sites (N-methyl/N-ethyl adjacent to an activating group) is 1. The average molecular weight is 390 g/mol. The first-order valence-electron chi connectivity index (χ1n) is 9.29. The number of aryl methyl sites for hydroxylation is 1. The molecule has 0 amide bonds. The Morgan fingerprint density at radius 2 is 1.82 bits per heavy atom. The van der Waals surface area contributed by atoms with Crippen molar-refractivity contribution in [2.24, 2.45) is 0 Å². The highest BCUT2D eigenvalue weighted by molar-refractivity contribution is 7.18. The fourth-order valence-corrected chi connectivity index (χ4v) is 4.07. The van der Waals surface area contributed by atoms with Crippen LogP contribution in [0.4, 0.5) is 5.95 Å². The molecule has 142 valence electrons. The zero-order chi connectivity index (χ0) is 19.5. The van der Waals surface area contributed by atoms with Crippen LogP contribution in [0.5, 0.6) is 0 Å². The van der Waals surface area contributed by atoms with E-state index in [0.29, 0.717) is 5.95 Å². The molecule has 0 saturated heterocycles. The maximum Gasteiger partial charge on any atom is 0.223 e. The quantitative estimate of drug-likeness (QED) is 0.518. The minimum Gasteiger partial charge on any atom is -0.353 e. The molecule has 2 aromatic carbocycles. The number of nitrogens with zero attached hydrogens (tertiary/aromatic N) is 4. The summed E-state index contributed by atoms with van der Waals surface area (Å²) in [5, 5.41) is 6.76. The molecule has 2 aromatic heterocycles. The molecule has 4 rings (SSSR count). The van der Waals surface area contributed by atoms with Crippen molar-refractivity contribution in [2.75, 3.05) is 32.5 Å². The molecule has 5 nitrogen and oxygen atoms in total. The summed E-state index contributed by atoms with van der Waals surface area (Å²) in [6.45, 7) is 3.78. The van der Waals surface area contributed by atoms with Gasteiger partial charge < -0.3 is 10.2 Å². The molecule has 0 spiro atoms. The fraction of sp³-hybridized carbons (Fsp3) is 0.227. The van der Waals surface area contributed by atoms with Gasteiger partial charge in [0, 0.05) is 24.8 Å². The fourth-order valence-electron chi connectivity index (χ4n) is 3.04. The van der Waals surface area contributed by atoms with E-state index in [0.717, 1.165) is 39.9 Å². The zero-order valence-electron chi connectivity index (χ0n) is 16.3. The number of rotatable bonds is 6. The standard InChI is InChI=1S/C22H23N5S/c1-15-20(19-10-11-23-22(26-19)24-12-13-27(2)3)28-21(25-15)18-9-8-16-6-4-5-7-17(16)14-18/h4-11,14H,12-13H2,1-3H3,(H,23,24,26). The van der Waals surface area contributed by atoms with Crippen LogP contribution < -0.4 is 5.32 Å². The van der Waals surface area contributed by atoms with Gasteiger partial charge in [-0.2, -0.15) is 0 Å². The van der Waals surface area contributed by atoms with Gasteiger partial charge in [0.15, 0.2) is 0 Å². The molecular weight excluding hydrogens is 366 g/mol. The van der Waals surface area contributed by atoms with Gasteiger partial charge in [0.2, 0.25) is 5.95 Å². The Morgan fingerprint density at radius 3 is 2.64 bits per heavy atom. The number of thiazole rings is 1. The second kappa shape index (κ2) is 8.04. The van der Waals surface area contributed by atoms with E-state index in [4.69, 9.17) is 4.98 Å². The van der Waals surface area contributed by atoms with Crippen molar-refractivity contribution in [3.05, 3.63) is 60.4 Å². The topological polar surface area (TPSA) is 53.9 Å². The van der Waals surface area contributed by atoms with Gasteiger partial charge in [0.1, 0.15) is 5.01 Å². The second-order valence-electron chi connectivity index (χ2n) is 6.99. The van der Waals surface area contributed by atoms with E-state index >= 15 is 0 Å². The molecule has 0 aliphatic rings. The summed E-state index contributed by atoms with van der Waals surface area (Å²) in [6, 6.07) is 16.8. The van der Waals surface area contributed by atoms with E-state index in [1.807, 2.05) is 27.1 Å². The first kappa shape index (κ1) is 18.5. The highest BCUT2D eigenvalue weighted by Gasteiger charge is 2.13. The lowest BCUT2D eigenvalue weighted by atomic mass is 10.1. The number of fused-ring (bicyclic) bond motifs is 1. The van der Waals surface area contributed by atoms with Crippen LogP contribution in [-0.2, 0) is 0 Å². The third-order valence-corrected chi connectivity index (χ3v) is 5.75. The summed E-state index contributed by atoms with van der Waals surface area (Å²) >= 11 is 1.67. The monoisotopic (exact) mass is 389 g/mol. The number of hydrogen-bond donors (Lipinski definition) is 1. The van der Waals surface area contributed by atoms with Crippen LogP contribution in [0.15, 0.2) is 54.7 Å². The predicted octanol–water partition coefficient (Wildman–Crippen LogP) is 4.70. The Bertz CT molecular complexity index is 1100. The van der Waals surface area contributed by atoms with Crippen LogP contribution in [0.25, 0.3) is 31.9 Å². The lowest BCUT2D eigenvalue weighted by Crippen LogP contribution is -2.21. The molecule has 0 fully saturated rings. The van der Waals surface area contributed by atoms with Crippen molar-refractivity contribution < 1.29 is 0 Å². The molecule has 4 aromatic rings. The number of benzene rings is 2. The van der Waals surface area contributed by atoms with Gasteiger partial charge in [-0.1, -0.05) is 36.4 Å². The number of aromatic nitrogens is 3. The van der Waals surface area contributed by atoms with Gasteiger partial charge in [-0.25, -0.2) is 15.0 Å². The normalized spacial score (nSPS) is 11.3. The van der Waals surface area contributed by atoms with Gasteiger partial charge in [-0.15, -0.1) is 11.3 Å². The van der Waals surface area contributed by atoms with Gasteiger partial charge in [0.25, 0.3) is 0 Å². The van der Waals surface area contributed by atoms with Crippen LogP contribution >= 0.6 is 11.3 Å². The Kier molecular flexibility index (Phi) is 5.32. The first-order chi connectivity index (χ1) is 13.6. The van der Waals surface area contributed by atoms with E-state index in [1.54, 1.807) is 17.5 Å². The summed E-state index contributed by atoms with van der Waals surface area (Å²) in [4.78, 5) is 17.0. The summed E-state index contributed by atoms with van der Waals surface area (Å²) in [7, 11) is 4.10. The predicted molar refractivity (Wildman–Crippen MR) is 118 cm³/mol. The smallest absolute Gasteiger partial charge is 0.223 e. The summed E-state index contributed by atoms with van der Waals surface area (Å²) in [5.74, 6) is 0.652. The number of hydrogen-bond acceptors (Lipinski definition) is 6. The van der Waals surface area contributed by atoms with E-state index in [1.165, 1.54) is 10.8 Å². The van der Waals surface area contributed by atoms with Gasteiger partial charge in [-0.3, -0.25) is 0 Å². The minimum atomic E-state index is 0.652. The van der Waals surface area contributed by atoms with Crippen LogP contribution in [-0.4, -0.2) is 47.0 Å². The lowest BCUT2D eigenvalue weighted by molar-refractivity contribution is 0.425. The Balaban J connectivity index is 1.62. The molecule has 0 saturated carbocycles. The van der Waals surface area contributed by atoms with Crippen molar-refractivity contribution >= 4 is 28.1 Å². The molecule has 0 bridgehead atoms. The molecule has 0 unspecified atom stereocenters. The Labute approximate surface area is 169 Å². The molecule has 0 atom stereocenters. The molecule has 28 heavy (non-hydrogen) atoms. The maximum atomic E-state index is 4.81. The summed E-state index contributed by atoms with van der Waals surface area (Å²) in [5.41, 5.74) is 3.03. The number of anilines is 1. The molecule has 0 aliphatic carbocycles. The van der Waals surface area contributed by atoms with E-state index in [-0.39, 0.29) is 0 Å². The van der Waals surface area contributed by atoms with Gasteiger partial charge in [-0.05, 0) is 43.9 Å². The molecule has 0 radical (unpaired) electrons. The average Bonchev–Trinajstić information content (AvgIpc) is 3.09. The van der Waals surface area contributed by atoms with Crippen molar-refractivity contribution in [3.63, 3.8) is 0 Å². The van der Waals surface area contributed by atoms with E-state index in [9.17, 15) is 0 Å². The Morgan fingerprint density at radius 1 is 1.00 bits per heavy atom. The van der Waals surface area contributed by atoms with Crippen molar-refractivity contribution in [2.45, 2.75) is 6.92 Å². The molecule has 2 heterocycles. The summed E-state index contributed by atoms with van der Waals surface area (Å²) < 4.78 is 0. The Hall–Kier alpha value is -2.83. The highest BCUT2D eigenvalue weighted by atomic mass is 32.1. The van der Waals surface area contributed by atoms with Crippen molar-refractivity contribution in [1.29, 1.82) is 0 Å². The molecule has 0 aliphatic heterocycles. The SMILES string of the molecule is Cc1nc(-c2ccc3ccccc3c2)sc1-c1ccnc(NCCN(C)C)n1. The van der Waals surface area contributed by atoms with Crippen molar-refractivity contribution in [3.8, 4) is 21.1 Å². The zero-order valence-corrected chi connectivity index (χ0v) is 17.1. The largest absolute Gasteiger partial charge is 0.353 e. The highest BCUT2D eigenvalue weighted by Crippen LogP contribution is 2.35. The second-order valence-corrected chi connectivity index (χ2v) is 7.99. The van der Waals surface area contributed by atoms with Gasteiger partial charge in [0.05, 0.1) is 16.3 Å². The summed E-state index contributed by atoms with van der Waals surface area (Å²) in [6.07, 6.45) is 1.80. The maximum absolute atomic E-state index is 4.81. The first-order valence-corrected chi connectivity index (χ1v) is 10.1. The van der Waals surface area contributed by atoms with Crippen LogP contribution in [0.3, 0.4) is 0 Å². The lowest BCUT2D eigenvalue weighted by Gasteiger charge is -2.10. The van der Waals surface area contributed by atoms with E-state index < -0.39 is 0 Å². The van der Waals surface area contributed by atoms with Crippen LogP contribution in [0.2, 0.25) is 0 Å².